The quantitative estimate of drug-likeness (QED) is 0.815. The summed E-state index contributed by atoms with van der Waals surface area (Å²) in [6, 6.07) is 3.61. The molecule has 16 heavy (non-hydrogen) atoms. The SMILES string of the molecule is COc1cc(C2CCC2=O)cc(Cl)c1OC. The van der Waals surface area contributed by atoms with Crippen LogP contribution in [0.4, 0.5) is 0 Å². The summed E-state index contributed by atoms with van der Waals surface area (Å²) in [4.78, 5) is 11.4. The molecule has 1 unspecified atom stereocenters. The van der Waals surface area contributed by atoms with Crippen LogP contribution in [0.3, 0.4) is 0 Å². The van der Waals surface area contributed by atoms with Crippen molar-refractivity contribution in [2.45, 2.75) is 18.8 Å². The number of hydrogen-bond acceptors (Lipinski definition) is 3. The molecule has 0 spiro atoms. The molecule has 0 bridgehead atoms. The van der Waals surface area contributed by atoms with Crippen LogP contribution in [0.25, 0.3) is 0 Å². The number of rotatable bonds is 3. The van der Waals surface area contributed by atoms with E-state index in [1.165, 1.54) is 7.11 Å². The second-order valence-electron chi connectivity index (χ2n) is 3.80. The molecule has 3 nitrogen and oxygen atoms in total. The molecule has 0 N–H and O–H groups in total. The topological polar surface area (TPSA) is 35.5 Å². The molecule has 86 valence electrons. The Morgan fingerprint density at radius 2 is 2.06 bits per heavy atom. The van der Waals surface area contributed by atoms with E-state index < -0.39 is 0 Å². The number of hydrogen-bond donors (Lipinski definition) is 0. The standard InChI is InChI=1S/C12H13ClO3/c1-15-11-6-7(8-3-4-10(8)14)5-9(13)12(11)16-2/h5-6,8H,3-4H2,1-2H3. The van der Waals surface area contributed by atoms with Gasteiger partial charge in [-0.15, -0.1) is 0 Å². The van der Waals surface area contributed by atoms with Crippen molar-refractivity contribution < 1.29 is 14.3 Å². The number of carbonyl (C=O) groups excluding carboxylic acids is 1. The maximum atomic E-state index is 11.4. The number of halogens is 1. The van der Waals surface area contributed by atoms with Crippen LogP contribution in [0.15, 0.2) is 12.1 Å². The lowest BCUT2D eigenvalue weighted by Gasteiger charge is -2.25. The van der Waals surface area contributed by atoms with Gasteiger partial charge in [0.05, 0.1) is 19.2 Å². The van der Waals surface area contributed by atoms with E-state index in [0.717, 1.165) is 12.0 Å². The van der Waals surface area contributed by atoms with Gasteiger partial charge in [0, 0.05) is 12.3 Å². The van der Waals surface area contributed by atoms with Crippen LogP contribution in [-0.2, 0) is 4.79 Å². The maximum absolute atomic E-state index is 11.4. The van der Waals surface area contributed by atoms with Crippen LogP contribution < -0.4 is 9.47 Å². The van der Waals surface area contributed by atoms with E-state index in [9.17, 15) is 4.79 Å². The highest BCUT2D eigenvalue weighted by Gasteiger charge is 2.30. The smallest absolute Gasteiger partial charge is 0.179 e. The number of carbonyl (C=O) groups is 1. The average Bonchev–Trinajstić information content (AvgIpc) is 2.26. The van der Waals surface area contributed by atoms with Gasteiger partial charge in [-0.3, -0.25) is 4.79 Å². The second-order valence-corrected chi connectivity index (χ2v) is 4.20. The average molecular weight is 241 g/mol. The first-order valence-electron chi connectivity index (χ1n) is 5.11. The van der Waals surface area contributed by atoms with E-state index >= 15 is 0 Å². The number of ether oxygens (including phenoxy) is 2. The fraction of sp³-hybridized carbons (Fsp3) is 0.417. The van der Waals surface area contributed by atoms with Crippen molar-refractivity contribution in [2.24, 2.45) is 0 Å². The second kappa shape index (κ2) is 4.34. The summed E-state index contributed by atoms with van der Waals surface area (Å²) in [7, 11) is 3.10. The van der Waals surface area contributed by atoms with Crippen molar-refractivity contribution in [3.8, 4) is 11.5 Å². The zero-order valence-corrected chi connectivity index (χ0v) is 10.0. The van der Waals surface area contributed by atoms with E-state index in [0.29, 0.717) is 22.9 Å². The molecule has 0 aliphatic heterocycles. The zero-order chi connectivity index (χ0) is 11.7. The van der Waals surface area contributed by atoms with Crippen LogP contribution in [0.1, 0.15) is 24.3 Å². The highest BCUT2D eigenvalue weighted by Crippen LogP contribution is 2.41. The molecule has 0 saturated heterocycles. The van der Waals surface area contributed by atoms with Gasteiger partial charge in [0.1, 0.15) is 5.78 Å². The molecule has 1 aliphatic rings. The van der Waals surface area contributed by atoms with Crippen LogP contribution in [0, 0.1) is 0 Å². The highest BCUT2D eigenvalue weighted by molar-refractivity contribution is 6.32. The van der Waals surface area contributed by atoms with Gasteiger partial charge >= 0.3 is 0 Å². The first kappa shape index (κ1) is 11.3. The maximum Gasteiger partial charge on any atom is 0.179 e. The molecule has 0 heterocycles. The predicted molar refractivity (Wildman–Crippen MR) is 61.5 cm³/mol. The van der Waals surface area contributed by atoms with Crippen molar-refractivity contribution in [3.63, 3.8) is 0 Å². The first-order valence-corrected chi connectivity index (χ1v) is 5.49. The fourth-order valence-electron chi connectivity index (χ4n) is 1.90. The lowest BCUT2D eigenvalue weighted by atomic mass is 9.78. The van der Waals surface area contributed by atoms with Gasteiger partial charge in [0.25, 0.3) is 0 Å². The number of methoxy groups -OCH3 is 2. The van der Waals surface area contributed by atoms with Crippen molar-refractivity contribution >= 4 is 17.4 Å². The third-order valence-corrected chi connectivity index (χ3v) is 3.21. The van der Waals surface area contributed by atoms with Crippen molar-refractivity contribution in [1.29, 1.82) is 0 Å². The third-order valence-electron chi connectivity index (χ3n) is 2.93. The summed E-state index contributed by atoms with van der Waals surface area (Å²) in [6.45, 7) is 0. The van der Waals surface area contributed by atoms with Crippen molar-refractivity contribution in [1.82, 2.24) is 0 Å². The Morgan fingerprint density at radius 1 is 1.31 bits per heavy atom. The van der Waals surface area contributed by atoms with E-state index in [1.807, 2.05) is 6.07 Å². The van der Waals surface area contributed by atoms with Crippen LogP contribution in [0.5, 0.6) is 11.5 Å². The van der Waals surface area contributed by atoms with Gasteiger partial charge < -0.3 is 9.47 Å². The first-order chi connectivity index (χ1) is 7.67. The van der Waals surface area contributed by atoms with Gasteiger partial charge in [-0.05, 0) is 24.1 Å². The molecule has 1 aromatic carbocycles. The summed E-state index contributed by atoms with van der Waals surface area (Å²) in [5, 5.41) is 0.483. The molecule has 0 aromatic heterocycles. The molecule has 1 fully saturated rings. The van der Waals surface area contributed by atoms with E-state index in [-0.39, 0.29) is 11.7 Å². The third kappa shape index (κ3) is 1.76. The van der Waals surface area contributed by atoms with E-state index in [4.69, 9.17) is 21.1 Å². The molecule has 0 amide bonds. The summed E-state index contributed by atoms with van der Waals surface area (Å²) in [6.07, 6.45) is 1.56. The summed E-state index contributed by atoms with van der Waals surface area (Å²) >= 11 is 6.07. The molecule has 2 rings (SSSR count). The molecule has 1 aromatic rings. The van der Waals surface area contributed by atoms with Crippen LogP contribution in [-0.4, -0.2) is 20.0 Å². The lowest BCUT2D eigenvalue weighted by Crippen LogP contribution is -2.23. The van der Waals surface area contributed by atoms with Gasteiger partial charge in [0.2, 0.25) is 0 Å². The van der Waals surface area contributed by atoms with E-state index in [1.54, 1.807) is 13.2 Å². The monoisotopic (exact) mass is 240 g/mol. The van der Waals surface area contributed by atoms with Crippen LogP contribution in [0.2, 0.25) is 5.02 Å². The highest BCUT2D eigenvalue weighted by atomic mass is 35.5. The molecule has 0 radical (unpaired) electrons. The molecule has 4 heteroatoms. The summed E-state index contributed by atoms with van der Waals surface area (Å²) in [5.41, 5.74) is 0.916. The van der Waals surface area contributed by atoms with Crippen molar-refractivity contribution in [3.05, 3.63) is 22.7 Å². The molecular formula is C12H13ClO3. The summed E-state index contributed by atoms with van der Waals surface area (Å²) in [5.74, 6) is 1.34. The van der Waals surface area contributed by atoms with Gasteiger partial charge in [-0.1, -0.05) is 11.6 Å². The number of ketones is 1. The van der Waals surface area contributed by atoms with Crippen LogP contribution >= 0.6 is 11.6 Å². The fourth-order valence-corrected chi connectivity index (χ4v) is 2.19. The normalized spacial score (nSPS) is 19.2. The largest absolute Gasteiger partial charge is 0.493 e. The molecule has 1 atom stereocenters. The number of Topliss-reactive ketones (excluding diaryl/α,β-unsaturated/α-hetero) is 1. The Balaban J connectivity index is 2.41. The molecular weight excluding hydrogens is 228 g/mol. The minimum atomic E-state index is -0.0164. The zero-order valence-electron chi connectivity index (χ0n) is 9.25. The van der Waals surface area contributed by atoms with Gasteiger partial charge in [-0.2, -0.15) is 0 Å². The minimum Gasteiger partial charge on any atom is -0.493 e. The Hall–Kier alpha value is -1.22. The Kier molecular flexibility index (Phi) is 3.06. The van der Waals surface area contributed by atoms with Gasteiger partial charge in [-0.25, -0.2) is 0 Å². The van der Waals surface area contributed by atoms with Gasteiger partial charge in [0.15, 0.2) is 11.5 Å². The minimum absolute atomic E-state index is 0.0164. The lowest BCUT2D eigenvalue weighted by molar-refractivity contribution is -0.125. The molecule has 1 saturated carbocycles. The Morgan fingerprint density at radius 3 is 2.50 bits per heavy atom. The predicted octanol–water partition coefficient (Wildman–Crippen LogP) is 2.80. The molecule has 1 aliphatic carbocycles. The van der Waals surface area contributed by atoms with E-state index in [2.05, 4.69) is 0 Å². The Bertz CT molecular complexity index is 429. The summed E-state index contributed by atoms with van der Waals surface area (Å²) < 4.78 is 10.3. The number of benzene rings is 1. The Labute approximate surface area is 99.3 Å². The van der Waals surface area contributed by atoms with Crippen molar-refractivity contribution in [2.75, 3.05) is 14.2 Å².